The molecule has 0 radical (unpaired) electrons. The first-order chi connectivity index (χ1) is 12.1. The molecule has 0 unspecified atom stereocenters. The number of aliphatic hydroxyl groups excluding tert-OH is 1. The lowest BCUT2D eigenvalue weighted by Crippen LogP contribution is -2.51. The third-order valence-electron chi connectivity index (χ3n) is 4.88. The number of ether oxygens (including phenoxy) is 1. The predicted molar refractivity (Wildman–Crippen MR) is 98.8 cm³/mol. The molecule has 0 amide bonds. The fourth-order valence-corrected chi connectivity index (χ4v) is 3.58. The number of nitrogens with one attached hydrogen (secondary N) is 1. The van der Waals surface area contributed by atoms with E-state index in [0.717, 1.165) is 50.2 Å². The van der Waals surface area contributed by atoms with Crippen LogP contribution in [0.5, 0.6) is 5.75 Å². The first-order valence-electron chi connectivity index (χ1n) is 9.27. The quantitative estimate of drug-likeness (QED) is 0.759. The summed E-state index contributed by atoms with van der Waals surface area (Å²) in [7, 11) is 0. The molecule has 5 heteroatoms. The van der Waals surface area contributed by atoms with Gasteiger partial charge in [0.05, 0.1) is 5.69 Å². The number of benzene rings is 1. The van der Waals surface area contributed by atoms with E-state index < -0.39 is 6.10 Å². The molecule has 1 aliphatic carbocycles. The second-order valence-electron chi connectivity index (χ2n) is 6.96. The standard InChI is InChI=1S/C20H29N3O2/c1-15-14-16(2)23(22-15)13-7-12-21-18-10-6-11-19(20(18)24)25-17-8-4-3-5-9-17/h3-5,8-9,14,18-21,24H,6-7,10-13H2,1-2H3/t18-,19+,20+/m0/s1. The van der Waals surface area contributed by atoms with Crippen molar-refractivity contribution in [3.63, 3.8) is 0 Å². The highest BCUT2D eigenvalue weighted by Crippen LogP contribution is 2.24. The van der Waals surface area contributed by atoms with E-state index in [1.807, 2.05) is 37.3 Å². The Morgan fingerprint density at radius 2 is 2.04 bits per heavy atom. The molecule has 1 aliphatic rings. The van der Waals surface area contributed by atoms with E-state index >= 15 is 0 Å². The van der Waals surface area contributed by atoms with Crippen LogP contribution < -0.4 is 10.1 Å². The number of para-hydroxylation sites is 1. The summed E-state index contributed by atoms with van der Waals surface area (Å²) in [6, 6.07) is 12.0. The van der Waals surface area contributed by atoms with Crippen molar-refractivity contribution in [2.75, 3.05) is 6.54 Å². The van der Waals surface area contributed by atoms with Gasteiger partial charge in [-0.25, -0.2) is 0 Å². The van der Waals surface area contributed by atoms with Gasteiger partial charge in [-0.3, -0.25) is 4.68 Å². The number of rotatable bonds is 7. The van der Waals surface area contributed by atoms with Crippen LogP contribution in [0.2, 0.25) is 0 Å². The molecule has 1 heterocycles. The Morgan fingerprint density at radius 1 is 1.24 bits per heavy atom. The van der Waals surface area contributed by atoms with Gasteiger partial charge in [0.1, 0.15) is 18.0 Å². The smallest absolute Gasteiger partial charge is 0.126 e. The van der Waals surface area contributed by atoms with Gasteiger partial charge in [0, 0.05) is 18.3 Å². The minimum absolute atomic E-state index is 0.0999. The maximum absolute atomic E-state index is 10.6. The third-order valence-corrected chi connectivity index (χ3v) is 4.88. The van der Waals surface area contributed by atoms with Gasteiger partial charge in [-0.1, -0.05) is 18.2 Å². The molecule has 1 fully saturated rings. The molecular weight excluding hydrogens is 314 g/mol. The van der Waals surface area contributed by atoms with Gasteiger partial charge in [-0.05, 0) is 64.3 Å². The van der Waals surface area contributed by atoms with E-state index in [9.17, 15) is 5.11 Å². The summed E-state index contributed by atoms with van der Waals surface area (Å²) in [4.78, 5) is 0. The molecule has 5 nitrogen and oxygen atoms in total. The zero-order valence-corrected chi connectivity index (χ0v) is 15.2. The number of aliphatic hydroxyl groups is 1. The SMILES string of the molecule is Cc1cc(C)n(CCCN[C@H]2CCC[C@@H](Oc3ccccc3)[C@@H]2O)n1. The third kappa shape index (κ3) is 4.83. The summed E-state index contributed by atoms with van der Waals surface area (Å²) >= 11 is 0. The van der Waals surface area contributed by atoms with E-state index in [-0.39, 0.29) is 12.1 Å². The summed E-state index contributed by atoms with van der Waals surface area (Å²) in [5.74, 6) is 0.830. The van der Waals surface area contributed by atoms with Crippen molar-refractivity contribution in [3.8, 4) is 5.75 Å². The molecule has 136 valence electrons. The average Bonchev–Trinajstić information content (AvgIpc) is 2.93. The summed E-state index contributed by atoms with van der Waals surface area (Å²) in [5.41, 5.74) is 2.26. The molecule has 0 aliphatic heterocycles. The van der Waals surface area contributed by atoms with E-state index in [2.05, 4.69) is 28.1 Å². The fraction of sp³-hybridized carbons (Fsp3) is 0.550. The van der Waals surface area contributed by atoms with Crippen LogP contribution in [0.15, 0.2) is 36.4 Å². The van der Waals surface area contributed by atoms with E-state index in [0.29, 0.717) is 0 Å². The molecule has 2 aromatic rings. The highest BCUT2D eigenvalue weighted by molar-refractivity contribution is 5.21. The zero-order valence-electron chi connectivity index (χ0n) is 15.2. The molecule has 1 saturated carbocycles. The topological polar surface area (TPSA) is 59.3 Å². The lowest BCUT2D eigenvalue weighted by molar-refractivity contribution is -0.0153. The molecule has 1 aromatic carbocycles. The first-order valence-corrected chi connectivity index (χ1v) is 9.27. The number of hydrogen-bond donors (Lipinski definition) is 2. The lowest BCUT2D eigenvalue weighted by atomic mass is 9.89. The van der Waals surface area contributed by atoms with Gasteiger partial charge in [0.15, 0.2) is 0 Å². The Kier molecular flexibility index (Phi) is 6.10. The lowest BCUT2D eigenvalue weighted by Gasteiger charge is -2.35. The zero-order chi connectivity index (χ0) is 17.6. The molecular formula is C20H29N3O2. The number of aromatic nitrogens is 2. The number of nitrogens with zero attached hydrogens (tertiary/aromatic N) is 2. The van der Waals surface area contributed by atoms with E-state index in [1.165, 1.54) is 5.69 Å². The monoisotopic (exact) mass is 343 g/mol. The van der Waals surface area contributed by atoms with Gasteiger partial charge in [-0.15, -0.1) is 0 Å². The molecule has 25 heavy (non-hydrogen) atoms. The molecule has 1 aromatic heterocycles. The molecule has 2 N–H and O–H groups in total. The van der Waals surface area contributed by atoms with Crippen LogP contribution in [-0.4, -0.2) is 39.7 Å². The largest absolute Gasteiger partial charge is 0.488 e. The Hall–Kier alpha value is -1.85. The maximum Gasteiger partial charge on any atom is 0.126 e. The van der Waals surface area contributed by atoms with Crippen molar-refractivity contribution in [3.05, 3.63) is 47.8 Å². The van der Waals surface area contributed by atoms with Crippen molar-refractivity contribution in [1.82, 2.24) is 15.1 Å². The van der Waals surface area contributed by atoms with Crippen molar-refractivity contribution < 1.29 is 9.84 Å². The highest BCUT2D eigenvalue weighted by atomic mass is 16.5. The van der Waals surface area contributed by atoms with Crippen molar-refractivity contribution in [2.45, 2.75) is 64.3 Å². The van der Waals surface area contributed by atoms with Crippen LogP contribution in [0.1, 0.15) is 37.1 Å². The van der Waals surface area contributed by atoms with E-state index in [4.69, 9.17) is 4.74 Å². The highest BCUT2D eigenvalue weighted by Gasteiger charge is 2.32. The Balaban J connectivity index is 1.45. The summed E-state index contributed by atoms with van der Waals surface area (Å²) in [5, 5.41) is 18.6. The number of aryl methyl sites for hydroxylation is 3. The van der Waals surface area contributed by atoms with Gasteiger partial charge in [-0.2, -0.15) is 5.10 Å². The van der Waals surface area contributed by atoms with Crippen molar-refractivity contribution in [1.29, 1.82) is 0 Å². The van der Waals surface area contributed by atoms with Crippen LogP contribution in [0.4, 0.5) is 0 Å². The Bertz CT molecular complexity index is 656. The van der Waals surface area contributed by atoms with Gasteiger partial charge < -0.3 is 15.2 Å². The van der Waals surface area contributed by atoms with Crippen LogP contribution in [0.25, 0.3) is 0 Å². The summed E-state index contributed by atoms with van der Waals surface area (Å²) in [6.07, 6.45) is 3.36. The molecule has 3 rings (SSSR count). The summed E-state index contributed by atoms with van der Waals surface area (Å²) in [6.45, 7) is 5.88. The van der Waals surface area contributed by atoms with Crippen LogP contribution >= 0.6 is 0 Å². The fourth-order valence-electron chi connectivity index (χ4n) is 3.58. The Labute approximate surface area is 150 Å². The van der Waals surface area contributed by atoms with Gasteiger partial charge in [0.25, 0.3) is 0 Å². The molecule has 0 saturated heterocycles. The Morgan fingerprint density at radius 3 is 2.76 bits per heavy atom. The number of hydrogen-bond acceptors (Lipinski definition) is 4. The van der Waals surface area contributed by atoms with Crippen molar-refractivity contribution >= 4 is 0 Å². The maximum atomic E-state index is 10.6. The molecule has 0 bridgehead atoms. The first kappa shape index (κ1) is 18.0. The van der Waals surface area contributed by atoms with Crippen LogP contribution in [0.3, 0.4) is 0 Å². The predicted octanol–water partition coefficient (Wildman–Crippen LogP) is 2.84. The molecule has 0 spiro atoms. The average molecular weight is 343 g/mol. The van der Waals surface area contributed by atoms with Crippen LogP contribution in [0, 0.1) is 13.8 Å². The minimum atomic E-state index is -0.470. The molecule has 3 atom stereocenters. The van der Waals surface area contributed by atoms with E-state index in [1.54, 1.807) is 0 Å². The second-order valence-corrected chi connectivity index (χ2v) is 6.96. The minimum Gasteiger partial charge on any atom is -0.488 e. The normalized spacial score (nSPS) is 23.6. The van der Waals surface area contributed by atoms with Crippen LogP contribution in [-0.2, 0) is 6.54 Å². The van der Waals surface area contributed by atoms with Gasteiger partial charge in [0.2, 0.25) is 0 Å². The second kappa shape index (κ2) is 8.50. The van der Waals surface area contributed by atoms with Gasteiger partial charge >= 0.3 is 0 Å². The summed E-state index contributed by atoms with van der Waals surface area (Å²) < 4.78 is 8.04. The van der Waals surface area contributed by atoms with Crippen molar-refractivity contribution in [2.24, 2.45) is 0 Å².